The molecule has 8 nitrogen and oxygen atoms in total. The van der Waals surface area contributed by atoms with Gasteiger partial charge in [0.25, 0.3) is 5.91 Å². The Kier molecular flexibility index (Phi) is 11.0. The summed E-state index contributed by atoms with van der Waals surface area (Å²) in [5.74, 6) is -0.754. The lowest BCUT2D eigenvalue weighted by atomic mass is 9.90. The van der Waals surface area contributed by atoms with Gasteiger partial charge in [-0.05, 0) is 42.5 Å². The Morgan fingerprint density at radius 1 is 1.17 bits per heavy atom. The molecule has 0 radical (unpaired) electrons. The molecule has 2 aliphatic rings. The van der Waals surface area contributed by atoms with E-state index in [2.05, 4.69) is 12.8 Å². The highest BCUT2D eigenvalue weighted by atomic mass is 19.1. The third kappa shape index (κ3) is 7.89. The van der Waals surface area contributed by atoms with Crippen molar-refractivity contribution < 1.29 is 33.7 Å². The number of carboxylic acids is 1. The van der Waals surface area contributed by atoms with Gasteiger partial charge in [-0.3, -0.25) is 9.59 Å². The fourth-order valence-corrected chi connectivity index (χ4v) is 3.97. The van der Waals surface area contributed by atoms with Crippen LogP contribution in [0.5, 0.6) is 17.2 Å². The number of hydrogen-bond acceptors (Lipinski definition) is 6. The summed E-state index contributed by atoms with van der Waals surface area (Å²) in [4.78, 5) is 23.4. The average Bonchev–Trinajstić information content (AvgIpc) is 3.19. The van der Waals surface area contributed by atoms with E-state index >= 15 is 0 Å². The molecular formula is C27H33FN2O6. The zero-order valence-corrected chi connectivity index (χ0v) is 20.4. The monoisotopic (exact) mass is 500 g/mol. The van der Waals surface area contributed by atoms with Crippen LogP contribution < -0.4 is 15.2 Å². The molecule has 1 atom stereocenters. The fourth-order valence-electron chi connectivity index (χ4n) is 3.97. The van der Waals surface area contributed by atoms with Gasteiger partial charge < -0.3 is 30.3 Å². The zero-order chi connectivity index (χ0) is 26.7. The predicted molar refractivity (Wildman–Crippen MR) is 133 cm³/mol. The van der Waals surface area contributed by atoms with Crippen molar-refractivity contribution in [3.8, 4) is 30.1 Å². The number of benzene rings is 2. The zero-order valence-electron chi connectivity index (χ0n) is 20.4. The number of nitrogens with two attached hydrogens (primary N) is 1. The summed E-state index contributed by atoms with van der Waals surface area (Å²) in [6, 6.07) is 9.07. The van der Waals surface area contributed by atoms with Crippen LogP contribution in [0.3, 0.4) is 0 Å². The number of carboxylic acid groups (broad SMARTS) is 1. The van der Waals surface area contributed by atoms with Gasteiger partial charge in [0.2, 0.25) is 0 Å². The fraction of sp³-hybridized carbons (Fsp3) is 0.407. The van der Waals surface area contributed by atoms with Crippen LogP contribution in [0.1, 0.15) is 48.0 Å². The van der Waals surface area contributed by atoms with Crippen LogP contribution >= 0.6 is 0 Å². The molecule has 194 valence electrons. The molecule has 1 amide bonds. The molecule has 1 fully saturated rings. The second kappa shape index (κ2) is 14.0. The van der Waals surface area contributed by atoms with Crippen LogP contribution in [-0.2, 0) is 11.3 Å². The Balaban J connectivity index is 0.000000260. The summed E-state index contributed by atoms with van der Waals surface area (Å²) in [7, 11) is 1.60. The minimum atomic E-state index is -1.07. The molecule has 4 N–H and O–H groups in total. The van der Waals surface area contributed by atoms with Gasteiger partial charge >= 0.3 is 5.97 Å². The molecule has 0 spiro atoms. The van der Waals surface area contributed by atoms with Crippen LogP contribution in [0.4, 0.5) is 4.39 Å². The molecule has 36 heavy (non-hydrogen) atoms. The van der Waals surface area contributed by atoms with E-state index in [9.17, 15) is 14.0 Å². The SMILES string of the molecule is C#C.CN1Cc2ccc(O)c(F)c2C1=O.N[C@@H](COc1cccc(OCC2CCCCC2)c1)C(=O)O. The van der Waals surface area contributed by atoms with Gasteiger partial charge in [0.1, 0.15) is 24.1 Å². The van der Waals surface area contributed by atoms with Crippen molar-refractivity contribution in [3.63, 3.8) is 0 Å². The van der Waals surface area contributed by atoms with Crippen LogP contribution in [-0.4, -0.2) is 53.3 Å². The van der Waals surface area contributed by atoms with Crippen molar-refractivity contribution >= 4 is 11.9 Å². The molecule has 1 heterocycles. The van der Waals surface area contributed by atoms with Gasteiger partial charge in [-0.25, -0.2) is 4.39 Å². The van der Waals surface area contributed by atoms with E-state index in [1.165, 1.54) is 43.1 Å². The number of phenolic OH excluding ortho intramolecular Hbond substituents is 1. The molecule has 2 aromatic carbocycles. The highest BCUT2D eigenvalue weighted by Crippen LogP contribution is 2.29. The van der Waals surface area contributed by atoms with Crippen molar-refractivity contribution in [3.05, 3.63) is 53.3 Å². The number of ether oxygens (including phenoxy) is 2. The molecule has 0 bridgehead atoms. The summed E-state index contributed by atoms with van der Waals surface area (Å²) in [6.07, 6.45) is 14.4. The second-order valence-electron chi connectivity index (χ2n) is 8.64. The number of halogens is 1. The van der Waals surface area contributed by atoms with E-state index in [0.717, 1.165) is 12.4 Å². The smallest absolute Gasteiger partial charge is 0.324 e. The maximum atomic E-state index is 13.2. The number of rotatable bonds is 7. The first kappa shape index (κ1) is 28.5. The van der Waals surface area contributed by atoms with Gasteiger partial charge in [0.05, 0.1) is 12.2 Å². The highest BCUT2D eigenvalue weighted by molar-refractivity contribution is 5.98. The van der Waals surface area contributed by atoms with Gasteiger partial charge in [-0.1, -0.05) is 31.4 Å². The maximum absolute atomic E-state index is 13.2. The number of amides is 1. The van der Waals surface area contributed by atoms with E-state index < -0.39 is 23.6 Å². The Morgan fingerprint density at radius 3 is 2.44 bits per heavy atom. The minimum Gasteiger partial charge on any atom is -0.505 e. The Morgan fingerprint density at radius 2 is 1.81 bits per heavy atom. The molecule has 9 heteroatoms. The summed E-state index contributed by atoms with van der Waals surface area (Å²) >= 11 is 0. The summed E-state index contributed by atoms with van der Waals surface area (Å²) in [5, 5.41) is 17.8. The first-order valence-electron chi connectivity index (χ1n) is 11.7. The molecule has 0 saturated heterocycles. The van der Waals surface area contributed by atoms with Gasteiger partial charge in [-0.2, -0.15) is 0 Å². The summed E-state index contributed by atoms with van der Waals surface area (Å²) in [6.45, 7) is 1.09. The summed E-state index contributed by atoms with van der Waals surface area (Å²) in [5.41, 5.74) is 6.03. The number of fused-ring (bicyclic) bond motifs is 1. The summed E-state index contributed by atoms with van der Waals surface area (Å²) < 4.78 is 24.4. The number of carbonyl (C=O) groups excluding carboxylic acids is 1. The van der Waals surface area contributed by atoms with Crippen molar-refractivity contribution in [2.75, 3.05) is 20.3 Å². The molecule has 0 unspecified atom stereocenters. The Bertz CT molecular complexity index is 1050. The predicted octanol–water partition coefficient (Wildman–Crippen LogP) is 3.80. The molecule has 1 aliphatic heterocycles. The lowest BCUT2D eigenvalue weighted by Gasteiger charge is -2.21. The lowest BCUT2D eigenvalue weighted by molar-refractivity contribution is -0.139. The van der Waals surface area contributed by atoms with Crippen LogP contribution in [0.15, 0.2) is 36.4 Å². The lowest BCUT2D eigenvalue weighted by Crippen LogP contribution is -2.36. The first-order valence-corrected chi connectivity index (χ1v) is 11.7. The quantitative estimate of drug-likeness (QED) is 0.494. The largest absolute Gasteiger partial charge is 0.505 e. The Hall–Kier alpha value is -3.77. The van der Waals surface area contributed by atoms with E-state index in [1.54, 1.807) is 25.2 Å². The van der Waals surface area contributed by atoms with Gasteiger partial charge in [-0.15, -0.1) is 12.8 Å². The molecule has 1 aliphatic carbocycles. The number of phenols is 1. The molecule has 2 aromatic rings. The second-order valence-corrected chi connectivity index (χ2v) is 8.64. The highest BCUT2D eigenvalue weighted by Gasteiger charge is 2.29. The van der Waals surface area contributed by atoms with Crippen molar-refractivity contribution in [1.29, 1.82) is 0 Å². The van der Waals surface area contributed by atoms with Gasteiger partial charge in [0, 0.05) is 19.7 Å². The van der Waals surface area contributed by atoms with E-state index in [0.29, 0.717) is 23.8 Å². The average molecular weight is 501 g/mol. The third-order valence-electron chi connectivity index (χ3n) is 5.94. The van der Waals surface area contributed by atoms with E-state index in [-0.39, 0.29) is 18.1 Å². The number of aromatic hydroxyl groups is 1. The third-order valence-corrected chi connectivity index (χ3v) is 5.94. The van der Waals surface area contributed by atoms with Crippen molar-refractivity contribution in [1.82, 2.24) is 4.90 Å². The van der Waals surface area contributed by atoms with E-state index in [1.807, 2.05) is 12.1 Å². The first-order chi connectivity index (χ1) is 17.3. The number of hydrogen-bond donors (Lipinski definition) is 3. The maximum Gasteiger partial charge on any atom is 0.324 e. The molecule has 0 aromatic heterocycles. The van der Waals surface area contributed by atoms with Gasteiger partial charge in [0.15, 0.2) is 11.6 Å². The Labute approximate surface area is 210 Å². The van der Waals surface area contributed by atoms with Crippen LogP contribution in [0.25, 0.3) is 0 Å². The normalized spacial score (nSPS) is 15.5. The molecular weight excluding hydrogens is 467 g/mol. The van der Waals surface area contributed by atoms with E-state index in [4.69, 9.17) is 25.4 Å². The number of carbonyl (C=O) groups is 2. The molecule has 1 saturated carbocycles. The van der Waals surface area contributed by atoms with Crippen molar-refractivity contribution in [2.24, 2.45) is 11.7 Å². The number of aliphatic carboxylic acids is 1. The topological polar surface area (TPSA) is 122 Å². The van der Waals surface area contributed by atoms with Crippen molar-refractivity contribution in [2.45, 2.75) is 44.7 Å². The van der Waals surface area contributed by atoms with Crippen LogP contribution in [0, 0.1) is 24.6 Å². The molecule has 4 rings (SSSR count). The van der Waals surface area contributed by atoms with Crippen LogP contribution in [0.2, 0.25) is 0 Å². The standard InChI is InChI=1S/C16H23NO4.C9H8FNO2.C2H2/c17-15(16(18)19)11-21-14-8-4-7-13(9-14)20-10-12-5-2-1-3-6-12;1-11-4-5-2-3-6(12)8(10)7(5)9(11)13;1-2/h4,7-9,12,15H,1-3,5-6,10-11,17H2,(H,18,19);2-3,12H,4H2,1H3;1-2H/t15-;;/m0../s1. The minimum absolute atomic E-state index is 0.00231. The number of nitrogens with zero attached hydrogens (tertiary/aromatic N) is 1. The number of terminal acetylenes is 1.